The Balaban J connectivity index is 1.79. The van der Waals surface area contributed by atoms with E-state index in [1.165, 1.54) is 10.4 Å². The van der Waals surface area contributed by atoms with Gasteiger partial charge in [-0.3, -0.25) is 4.79 Å². The molecular formula is C21H26ClN3O4S. The van der Waals surface area contributed by atoms with E-state index < -0.39 is 15.9 Å². The van der Waals surface area contributed by atoms with Gasteiger partial charge in [-0.15, -0.1) is 0 Å². The SMILES string of the molecule is CN(C)c1ccc(S(=O)(=O)N2CCCCC2)cc1NC(=O)COc1ccccc1Cl. The smallest absolute Gasteiger partial charge is 0.262 e. The molecule has 1 amide bonds. The zero-order valence-electron chi connectivity index (χ0n) is 17.1. The van der Waals surface area contributed by atoms with Crippen LogP contribution in [0.3, 0.4) is 0 Å². The number of para-hydroxylation sites is 1. The minimum Gasteiger partial charge on any atom is -0.482 e. The summed E-state index contributed by atoms with van der Waals surface area (Å²) in [5.74, 6) is -0.00545. The first kappa shape index (κ1) is 22.4. The third kappa shape index (κ3) is 5.24. The summed E-state index contributed by atoms with van der Waals surface area (Å²) in [5, 5.41) is 3.18. The van der Waals surface area contributed by atoms with Gasteiger partial charge < -0.3 is 15.0 Å². The van der Waals surface area contributed by atoms with E-state index in [-0.39, 0.29) is 11.5 Å². The molecule has 162 valence electrons. The van der Waals surface area contributed by atoms with Gasteiger partial charge in [-0.05, 0) is 43.2 Å². The minimum atomic E-state index is -3.61. The first-order chi connectivity index (χ1) is 14.3. The molecule has 0 spiro atoms. The molecule has 0 unspecified atom stereocenters. The van der Waals surface area contributed by atoms with Crippen molar-refractivity contribution in [3.05, 3.63) is 47.5 Å². The van der Waals surface area contributed by atoms with Crippen LogP contribution in [-0.4, -0.2) is 52.4 Å². The van der Waals surface area contributed by atoms with E-state index in [0.29, 0.717) is 35.2 Å². The Morgan fingerprint density at radius 3 is 2.50 bits per heavy atom. The highest BCUT2D eigenvalue weighted by atomic mass is 35.5. The van der Waals surface area contributed by atoms with Crippen molar-refractivity contribution < 1.29 is 17.9 Å². The summed E-state index contributed by atoms with van der Waals surface area (Å²) in [6, 6.07) is 11.7. The van der Waals surface area contributed by atoms with E-state index >= 15 is 0 Å². The van der Waals surface area contributed by atoms with Crippen LogP contribution in [0.5, 0.6) is 5.75 Å². The summed E-state index contributed by atoms with van der Waals surface area (Å²) in [6.07, 6.45) is 2.76. The normalized spacial score (nSPS) is 14.9. The van der Waals surface area contributed by atoms with Gasteiger partial charge in [0, 0.05) is 27.2 Å². The number of benzene rings is 2. The first-order valence-electron chi connectivity index (χ1n) is 9.78. The lowest BCUT2D eigenvalue weighted by Gasteiger charge is -2.26. The number of sulfonamides is 1. The molecule has 2 aromatic carbocycles. The van der Waals surface area contributed by atoms with Crippen LogP contribution in [0.15, 0.2) is 47.4 Å². The van der Waals surface area contributed by atoms with Crippen LogP contribution >= 0.6 is 11.6 Å². The molecule has 30 heavy (non-hydrogen) atoms. The molecule has 7 nitrogen and oxygen atoms in total. The zero-order chi connectivity index (χ0) is 21.7. The second kappa shape index (κ2) is 9.68. The van der Waals surface area contributed by atoms with Crippen LogP contribution in [0.2, 0.25) is 5.02 Å². The molecule has 0 atom stereocenters. The van der Waals surface area contributed by atoms with E-state index in [1.54, 1.807) is 36.4 Å². The Morgan fingerprint density at radius 1 is 1.13 bits per heavy atom. The summed E-state index contributed by atoms with van der Waals surface area (Å²) in [4.78, 5) is 14.4. The molecule has 0 aromatic heterocycles. The maximum atomic E-state index is 13.0. The van der Waals surface area contributed by atoms with Crippen molar-refractivity contribution in [3.63, 3.8) is 0 Å². The maximum Gasteiger partial charge on any atom is 0.262 e. The minimum absolute atomic E-state index is 0.164. The van der Waals surface area contributed by atoms with Crippen molar-refractivity contribution >= 4 is 38.9 Å². The number of carbonyl (C=O) groups is 1. The maximum absolute atomic E-state index is 13.0. The van der Waals surface area contributed by atoms with Gasteiger partial charge in [0.15, 0.2) is 6.61 Å². The molecule has 0 radical (unpaired) electrons. The van der Waals surface area contributed by atoms with E-state index in [0.717, 1.165) is 19.3 Å². The van der Waals surface area contributed by atoms with Crippen LogP contribution < -0.4 is 15.0 Å². The number of hydrogen-bond acceptors (Lipinski definition) is 5. The number of hydrogen-bond donors (Lipinski definition) is 1. The quantitative estimate of drug-likeness (QED) is 0.695. The molecule has 1 aliphatic rings. The van der Waals surface area contributed by atoms with Crippen molar-refractivity contribution in [2.75, 3.05) is 44.0 Å². The largest absolute Gasteiger partial charge is 0.482 e. The Bertz CT molecular complexity index is 1010. The van der Waals surface area contributed by atoms with Crippen LogP contribution in [-0.2, 0) is 14.8 Å². The van der Waals surface area contributed by atoms with Gasteiger partial charge in [0.25, 0.3) is 5.91 Å². The van der Waals surface area contributed by atoms with Gasteiger partial charge in [-0.1, -0.05) is 30.2 Å². The van der Waals surface area contributed by atoms with E-state index in [2.05, 4.69) is 5.32 Å². The summed E-state index contributed by atoms with van der Waals surface area (Å²) in [5.41, 5.74) is 1.10. The summed E-state index contributed by atoms with van der Waals surface area (Å²) in [6.45, 7) is 0.788. The lowest BCUT2D eigenvalue weighted by Crippen LogP contribution is -2.35. The second-order valence-corrected chi connectivity index (χ2v) is 9.65. The molecule has 9 heteroatoms. The Hall–Kier alpha value is -2.29. The molecule has 0 aliphatic carbocycles. The molecule has 1 saturated heterocycles. The number of piperidine rings is 1. The Labute approximate surface area is 182 Å². The van der Waals surface area contributed by atoms with Crippen molar-refractivity contribution in [2.45, 2.75) is 24.2 Å². The van der Waals surface area contributed by atoms with Gasteiger partial charge in [-0.2, -0.15) is 4.31 Å². The molecular weight excluding hydrogens is 426 g/mol. The molecule has 0 saturated carbocycles. The second-order valence-electron chi connectivity index (χ2n) is 7.31. The third-order valence-electron chi connectivity index (χ3n) is 4.87. The molecule has 2 aromatic rings. The predicted octanol–water partition coefficient (Wildman–Crippen LogP) is 3.60. The van der Waals surface area contributed by atoms with Crippen LogP contribution in [0.25, 0.3) is 0 Å². The number of carbonyl (C=O) groups excluding carboxylic acids is 1. The number of nitrogens with one attached hydrogen (secondary N) is 1. The van der Waals surface area contributed by atoms with Gasteiger partial charge in [0.1, 0.15) is 5.75 Å². The molecule has 1 heterocycles. The van der Waals surface area contributed by atoms with Crippen molar-refractivity contribution in [2.24, 2.45) is 0 Å². The number of rotatable bonds is 7. The first-order valence-corrected chi connectivity index (χ1v) is 11.6. The van der Waals surface area contributed by atoms with Crippen molar-refractivity contribution in [3.8, 4) is 5.75 Å². The van der Waals surface area contributed by atoms with Gasteiger partial charge in [0.05, 0.1) is 21.3 Å². The average molecular weight is 452 g/mol. The standard InChI is InChI=1S/C21H26ClN3O4S/c1-24(2)19-11-10-16(30(27,28)25-12-6-3-7-13-25)14-18(19)23-21(26)15-29-20-9-5-4-8-17(20)22/h4-5,8-11,14H,3,6-7,12-13,15H2,1-2H3,(H,23,26). The van der Waals surface area contributed by atoms with E-state index in [4.69, 9.17) is 16.3 Å². The molecule has 1 N–H and O–H groups in total. The fraction of sp³-hybridized carbons (Fsp3) is 0.381. The van der Waals surface area contributed by atoms with Crippen molar-refractivity contribution in [1.82, 2.24) is 4.31 Å². The molecule has 1 fully saturated rings. The Kier molecular flexibility index (Phi) is 7.23. The van der Waals surface area contributed by atoms with E-state index in [9.17, 15) is 13.2 Å². The number of amides is 1. The molecule has 0 bridgehead atoms. The third-order valence-corrected chi connectivity index (χ3v) is 7.08. The fourth-order valence-corrected chi connectivity index (χ4v) is 5.05. The lowest BCUT2D eigenvalue weighted by molar-refractivity contribution is -0.118. The summed E-state index contributed by atoms with van der Waals surface area (Å²) < 4.78 is 33.0. The molecule has 3 rings (SSSR count). The van der Waals surface area contributed by atoms with Gasteiger partial charge >= 0.3 is 0 Å². The monoisotopic (exact) mass is 451 g/mol. The topological polar surface area (TPSA) is 79.0 Å². The number of halogens is 1. The van der Waals surface area contributed by atoms with Gasteiger partial charge in [-0.25, -0.2) is 8.42 Å². The van der Waals surface area contributed by atoms with Crippen LogP contribution in [0.1, 0.15) is 19.3 Å². The van der Waals surface area contributed by atoms with Crippen LogP contribution in [0.4, 0.5) is 11.4 Å². The predicted molar refractivity (Wildman–Crippen MR) is 119 cm³/mol. The highest BCUT2D eigenvalue weighted by molar-refractivity contribution is 7.89. The van der Waals surface area contributed by atoms with E-state index in [1.807, 2.05) is 19.0 Å². The molecule has 1 aliphatic heterocycles. The zero-order valence-corrected chi connectivity index (χ0v) is 18.7. The lowest BCUT2D eigenvalue weighted by atomic mass is 10.2. The highest BCUT2D eigenvalue weighted by Crippen LogP contribution is 2.30. The summed E-state index contributed by atoms with van der Waals surface area (Å²) in [7, 11) is 0.0381. The number of nitrogens with zero attached hydrogens (tertiary/aromatic N) is 2. The highest BCUT2D eigenvalue weighted by Gasteiger charge is 2.27. The van der Waals surface area contributed by atoms with Crippen molar-refractivity contribution in [1.29, 1.82) is 0 Å². The average Bonchev–Trinajstić information content (AvgIpc) is 2.73. The fourth-order valence-electron chi connectivity index (χ4n) is 3.31. The van der Waals surface area contributed by atoms with Gasteiger partial charge in [0.2, 0.25) is 10.0 Å². The number of ether oxygens (including phenoxy) is 1. The summed E-state index contributed by atoms with van der Waals surface area (Å²) >= 11 is 6.04. The Morgan fingerprint density at radius 2 is 1.83 bits per heavy atom. The number of anilines is 2. The van der Waals surface area contributed by atoms with Crippen LogP contribution in [0, 0.1) is 0 Å².